The van der Waals surface area contributed by atoms with E-state index in [-0.39, 0.29) is 31.1 Å². The Morgan fingerprint density at radius 2 is 0.494 bits per heavy atom. The van der Waals surface area contributed by atoms with Crippen LogP contribution in [-0.4, -0.2) is 37.2 Å². The highest BCUT2D eigenvalue weighted by molar-refractivity contribution is 5.71. The summed E-state index contributed by atoms with van der Waals surface area (Å²) >= 11 is 0. The molecule has 0 aromatic rings. The van der Waals surface area contributed by atoms with E-state index < -0.39 is 6.10 Å². The van der Waals surface area contributed by atoms with Crippen LogP contribution < -0.4 is 0 Å². The van der Waals surface area contributed by atoms with E-state index in [0.29, 0.717) is 19.3 Å². The number of ether oxygens (including phenoxy) is 3. The smallest absolute Gasteiger partial charge is 0.306 e. The summed E-state index contributed by atoms with van der Waals surface area (Å²) in [5, 5.41) is 0. The topological polar surface area (TPSA) is 78.9 Å². The molecule has 0 aromatic heterocycles. The van der Waals surface area contributed by atoms with Crippen LogP contribution in [0.25, 0.3) is 0 Å². The molecule has 0 amide bonds. The maximum atomic E-state index is 12.9. The van der Waals surface area contributed by atoms with Gasteiger partial charge in [0.1, 0.15) is 13.2 Å². The quantitative estimate of drug-likeness (QED) is 0.0261. The van der Waals surface area contributed by atoms with Gasteiger partial charge in [-0.1, -0.05) is 320 Å². The SMILES string of the molecule is CCC/C=C\CCCCCCCC(=O)OCC(COC(=O)CCCCCCCCCCCC/C=C\C/C=C\C/C=C\CCCCCCC)OC(=O)CCCCCCCCCCCCCCCCCCCCCCCCCC. The highest BCUT2D eigenvalue weighted by Gasteiger charge is 2.19. The molecule has 0 heterocycles. The number of allylic oxidation sites excluding steroid dienone is 8. The lowest BCUT2D eigenvalue weighted by molar-refractivity contribution is -0.167. The predicted molar refractivity (Wildman–Crippen MR) is 335 cm³/mol. The van der Waals surface area contributed by atoms with E-state index in [9.17, 15) is 14.4 Å². The molecule has 0 radical (unpaired) electrons. The molecule has 0 saturated carbocycles. The monoisotopic (exact) mass is 1080 g/mol. The van der Waals surface area contributed by atoms with E-state index in [2.05, 4.69) is 69.4 Å². The van der Waals surface area contributed by atoms with Crippen molar-refractivity contribution in [3.63, 3.8) is 0 Å². The van der Waals surface area contributed by atoms with Gasteiger partial charge in [-0.25, -0.2) is 0 Å². The molecular formula is C71H130O6. The fourth-order valence-corrected chi connectivity index (χ4v) is 10.2. The second-order valence-corrected chi connectivity index (χ2v) is 23.1. The van der Waals surface area contributed by atoms with Crippen molar-refractivity contribution in [2.75, 3.05) is 13.2 Å². The van der Waals surface area contributed by atoms with Crippen molar-refractivity contribution in [1.29, 1.82) is 0 Å². The summed E-state index contributed by atoms with van der Waals surface area (Å²) in [6, 6.07) is 0. The van der Waals surface area contributed by atoms with Gasteiger partial charge in [0.15, 0.2) is 6.10 Å². The Bertz CT molecular complexity index is 1330. The fraction of sp³-hybridized carbons (Fsp3) is 0.845. The van der Waals surface area contributed by atoms with Gasteiger partial charge in [-0.3, -0.25) is 14.4 Å². The third-order valence-corrected chi connectivity index (χ3v) is 15.3. The minimum atomic E-state index is -0.776. The van der Waals surface area contributed by atoms with E-state index in [0.717, 1.165) is 83.5 Å². The lowest BCUT2D eigenvalue weighted by Gasteiger charge is -2.18. The maximum absolute atomic E-state index is 12.9. The van der Waals surface area contributed by atoms with Crippen LogP contribution in [0.4, 0.5) is 0 Å². The summed E-state index contributed by atoms with van der Waals surface area (Å²) < 4.78 is 16.9. The number of carbonyl (C=O) groups is 3. The molecule has 1 atom stereocenters. The van der Waals surface area contributed by atoms with Gasteiger partial charge in [0.2, 0.25) is 0 Å². The van der Waals surface area contributed by atoms with Gasteiger partial charge in [0, 0.05) is 19.3 Å². The number of carbonyl (C=O) groups excluding carboxylic acids is 3. The lowest BCUT2D eigenvalue weighted by Crippen LogP contribution is -2.30. The van der Waals surface area contributed by atoms with E-state index in [1.807, 2.05) is 0 Å². The van der Waals surface area contributed by atoms with E-state index >= 15 is 0 Å². The molecule has 0 N–H and O–H groups in total. The number of rotatable bonds is 63. The highest BCUT2D eigenvalue weighted by Crippen LogP contribution is 2.18. The Balaban J connectivity index is 4.18. The molecule has 0 bridgehead atoms. The molecule has 450 valence electrons. The van der Waals surface area contributed by atoms with Crippen molar-refractivity contribution in [1.82, 2.24) is 0 Å². The normalized spacial score (nSPS) is 12.3. The molecule has 0 aromatic carbocycles. The largest absolute Gasteiger partial charge is 0.462 e. The Kier molecular flexibility index (Phi) is 63.6. The van der Waals surface area contributed by atoms with Crippen LogP contribution in [0, 0.1) is 0 Å². The number of unbranched alkanes of at least 4 members (excludes halogenated alkanes) is 44. The molecule has 0 aliphatic carbocycles. The second-order valence-electron chi connectivity index (χ2n) is 23.1. The van der Waals surface area contributed by atoms with Crippen LogP contribution in [0.2, 0.25) is 0 Å². The van der Waals surface area contributed by atoms with Crippen LogP contribution >= 0.6 is 0 Å². The van der Waals surface area contributed by atoms with Crippen molar-refractivity contribution in [2.45, 2.75) is 374 Å². The molecule has 0 spiro atoms. The maximum Gasteiger partial charge on any atom is 0.306 e. The van der Waals surface area contributed by atoms with Crippen molar-refractivity contribution >= 4 is 17.9 Å². The zero-order valence-electron chi connectivity index (χ0n) is 51.7. The van der Waals surface area contributed by atoms with Crippen molar-refractivity contribution < 1.29 is 28.6 Å². The summed E-state index contributed by atoms with van der Waals surface area (Å²) in [6.45, 7) is 6.62. The first kappa shape index (κ1) is 74.4. The minimum absolute atomic E-state index is 0.0743. The number of esters is 3. The van der Waals surface area contributed by atoms with Crippen molar-refractivity contribution in [3.05, 3.63) is 48.6 Å². The first-order valence-corrected chi connectivity index (χ1v) is 34.1. The molecule has 0 fully saturated rings. The van der Waals surface area contributed by atoms with Gasteiger partial charge in [0.05, 0.1) is 0 Å². The predicted octanol–water partition coefficient (Wildman–Crippen LogP) is 23.3. The molecule has 0 aliphatic heterocycles. The average Bonchev–Trinajstić information content (AvgIpc) is 3.43. The van der Waals surface area contributed by atoms with E-state index in [1.165, 1.54) is 244 Å². The minimum Gasteiger partial charge on any atom is -0.462 e. The summed E-state index contributed by atoms with van der Waals surface area (Å²) in [7, 11) is 0. The second kappa shape index (κ2) is 65.9. The Labute approximate surface area is 479 Å². The summed E-state index contributed by atoms with van der Waals surface area (Å²) in [5.74, 6) is -0.866. The van der Waals surface area contributed by atoms with E-state index in [1.54, 1.807) is 0 Å². The third kappa shape index (κ3) is 64.1. The van der Waals surface area contributed by atoms with Crippen molar-refractivity contribution in [3.8, 4) is 0 Å². The number of hydrogen-bond donors (Lipinski definition) is 0. The average molecular weight is 1080 g/mol. The molecule has 0 aliphatic rings. The van der Waals surface area contributed by atoms with Gasteiger partial charge in [-0.2, -0.15) is 0 Å². The summed E-state index contributed by atoms with van der Waals surface area (Å²) in [6.07, 6.45) is 82.9. The highest BCUT2D eigenvalue weighted by atomic mass is 16.6. The van der Waals surface area contributed by atoms with Crippen LogP contribution in [0.3, 0.4) is 0 Å². The van der Waals surface area contributed by atoms with Gasteiger partial charge in [-0.05, 0) is 77.0 Å². The lowest BCUT2D eigenvalue weighted by atomic mass is 10.0. The molecular weight excluding hydrogens is 949 g/mol. The van der Waals surface area contributed by atoms with E-state index in [4.69, 9.17) is 14.2 Å². The zero-order valence-corrected chi connectivity index (χ0v) is 51.7. The number of hydrogen-bond acceptors (Lipinski definition) is 6. The molecule has 0 saturated heterocycles. The molecule has 77 heavy (non-hydrogen) atoms. The van der Waals surface area contributed by atoms with Crippen molar-refractivity contribution in [2.24, 2.45) is 0 Å². The van der Waals surface area contributed by atoms with Gasteiger partial charge < -0.3 is 14.2 Å². The molecule has 1 unspecified atom stereocenters. The first-order valence-electron chi connectivity index (χ1n) is 34.1. The summed E-state index contributed by atoms with van der Waals surface area (Å²) in [4.78, 5) is 38.3. The zero-order chi connectivity index (χ0) is 55.7. The van der Waals surface area contributed by atoms with Crippen LogP contribution in [0.5, 0.6) is 0 Å². The first-order chi connectivity index (χ1) is 38.0. The molecule has 6 nitrogen and oxygen atoms in total. The van der Waals surface area contributed by atoms with Gasteiger partial charge >= 0.3 is 17.9 Å². The third-order valence-electron chi connectivity index (χ3n) is 15.3. The van der Waals surface area contributed by atoms with Gasteiger partial charge in [0.25, 0.3) is 0 Å². The van der Waals surface area contributed by atoms with Crippen LogP contribution in [-0.2, 0) is 28.6 Å². The van der Waals surface area contributed by atoms with Crippen LogP contribution in [0.1, 0.15) is 367 Å². The standard InChI is InChI=1S/C71H130O6/c1-4-7-10-13-16-19-22-24-26-28-30-32-34-36-38-39-41-43-45-47-49-52-55-58-61-64-70(73)76-67-68(66-75-69(72)63-60-57-54-51-21-18-15-12-9-6-3)77-71(74)65-62-59-56-53-50-48-46-44-42-40-37-35-33-31-29-27-25-23-20-17-14-11-8-5-2/h12,15,22,24,28,30,34,36,68H,4-11,13-14,16-21,23,25-27,29,31-33,35,37-67H2,1-3H3/b15-12-,24-22-,30-28-,36-34-. The Morgan fingerprint density at radius 3 is 0.792 bits per heavy atom. The fourth-order valence-electron chi connectivity index (χ4n) is 10.2. The Morgan fingerprint density at radius 1 is 0.260 bits per heavy atom. The molecule has 0 rings (SSSR count). The van der Waals surface area contributed by atoms with Crippen LogP contribution in [0.15, 0.2) is 48.6 Å². The summed E-state index contributed by atoms with van der Waals surface area (Å²) in [5.41, 5.74) is 0. The van der Waals surface area contributed by atoms with Gasteiger partial charge in [-0.15, -0.1) is 0 Å². The Hall–Kier alpha value is -2.63. The molecule has 6 heteroatoms.